The van der Waals surface area contributed by atoms with Gasteiger partial charge in [0.15, 0.2) is 11.5 Å². The van der Waals surface area contributed by atoms with E-state index in [0.29, 0.717) is 57.0 Å². The molecule has 10 heteroatoms. The molecule has 1 aromatic carbocycles. The second kappa shape index (κ2) is 9.39. The van der Waals surface area contributed by atoms with Gasteiger partial charge in [-0.2, -0.15) is 5.10 Å². The first-order valence-electron chi connectivity index (χ1n) is 12.4. The Morgan fingerprint density at radius 3 is 2.56 bits per heavy atom. The zero-order chi connectivity index (χ0) is 27.1. The van der Waals surface area contributed by atoms with Gasteiger partial charge in [-0.3, -0.25) is 19.9 Å². The maximum atomic E-state index is 14.5. The summed E-state index contributed by atoms with van der Waals surface area (Å²) in [5.74, 6) is 0.0576. The second-order valence-electron chi connectivity index (χ2n) is 10.6. The molecule has 0 bridgehead atoms. The zero-order valence-electron chi connectivity index (χ0n) is 21.6. The average Bonchev–Trinajstić information content (AvgIpc) is 3.51. The Bertz CT molecular complexity index is 1850. The molecule has 194 valence electrons. The number of carbonyl (C=O) groups excluding carboxylic acids is 1. The lowest BCUT2D eigenvalue weighted by atomic mass is 9.92. The lowest BCUT2D eigenvalue weighted by molar-refractivity contribution is -0.117. The number of hydrogen-bond acceptors (Lipinski definition) is 6. The smallest absolute Gasteiger partial charge is 0.224 e. The molecule has 0 unspecified atom stereocenters. The standard InChI is InChI=1S/C29H25FN8O/c1-29(2,3)11-24(39)33-17-10-16(12-31-13-17)21-8-9-22-26(34-21)27(38-37-22)28-35-23-15-32-14-19(25(23)36-28)18-6-4-5-7-20(18)30/h4-10,12-15H,11H2,1-3H3,(H,33,39)(H,35,36)(H,37,38). The highest BCUT2D eigenvalue weighted by atomic mass is 19.1. The van der Waals surface area contributed by atoms with Crippen LogP contribution in [-0.2, 0) is 4.79 Å². The van der Waals surface area contributed by atoms with Crippen LogP contribution in [0.2, 0.25) is 0 Å². The number of halogens is 1. The minimum Gasteiger partial charge on any atom is -0.335 e. The van der Waals surface area contributed by atoms with E-state index >= 15 is 0 Å². The van der Waals surface area contributed by atoms with Crippen LogP contribution in [0.3, 0.4) is 0 Å². The van der Waals surface area contributed by atoms with Crippen molar-refractivity contribution in [2.45, 2.75) is 27.2 Å². The number of fused-ring (bicyclic) bond motifs is 2. The Balaban J connectivity index is 1.37. The summed E-state index contributed by atoms with van der Waals surface area (Å²) in [6, 6.07) is 12.1. The van der Waals surface area contributed by atoms with Crippen molar-refractivity contribution in [1.82, 2.24) is 35.1 Å². The van der Waals surface area contributed by atoms with Gasteiger partial charge in [0.1, 0.15) is 16.9 Å². The quantitative estimate of drug-likeness (QED) is 0.251. The van der Waals surface area contributed by atoms with Crippen LogP contribution in [0, 0.1) is 11.2 Å². The lowest BCUT2D eigenvalue weighted by Crippen LogP contribution is -2.19. The van der Waals surface area contributed by atoms with Gasteiger partial charge in [0, 0.05) is 35.5 Å². The van der Waals surface area contributed by atoms with Crippen LogP contribution in [0.1, 0.15) is 27.2 Å². The number of nitrogens with one attached hydrogen (secondary N) is 3. The third kappa shape index (κ3) is 4.84. The van der Waals surface area contributed by atoms with E-state index in [1.165, 1.54) is 6.07 Å². The molecule has 39 heavy (non-hydrogen) atoms. The minimum atomic E-state index is -0.349. The van der Waals surface area contributed by atoms with Crippen LogP contribution in [0.25, 0.3) is 56.0 Å². The molecule has 5 heterocycles. The van der Waals surface area contributed by atoms with Gasteiger partial charge in [-0.05, 0) is 29.7 Å². The molecule has 0 atom stereocenters. The largest absolute Gasteiger partial charge is 0.335 e. The molecular weight excluding hydrogens is 495 g/mol. The Morgan fingerprint density at radius 2 is 1.74 bits per heavy atom. The van der Waals surface area contributed by atoms with Crippen molar-refractivity contribution in [1.29, 1.82) is 0 Å². The summed E-state index contributed by atoms with van der Waals surface area (Å²) in [4.78, 5) is 33.8. The number of rotatable bonds is 5. The van der Waals surface area contributed by atoms with E-state index in [4.69, 9.17) is 9.97 Å². The van der Waals surface area contributed by atoms with Crippen LogP contribution in [0.15, 0.2) is 67.3 Å². The van der Waals surface area contributed by atoms with Crippen LogP contribution in [0.4, 0.5) is 10.1 Å². The first-order chi connectivity index (χ1) is 18.7. The monoisotopic (exact) mass is 520 g/mol. The minimum absolute atomic E-state index is 0.0730. The highest BCUT2D eigenvalue weighted by Gasteiger charge is 2.19. The van der Waals surface area contributed by atoms with E-state index in [2.05, 4.69) is 30.5 Å². The van der Waals surface area contributed by atoms with Crippen LogP contribution < -0.4 is 5.32 Å². The van der Waals surface area contributed by atoms with Crippen molar-refractivity contribution in [3.63, 3.8) is 0 Å². The van der Waals surface area contributed by atoms with Crippen LogP contribution >= 0.6 is 0 Å². The zero-order valence-corrected chi connectivity index (χ0v) is 21.6. The van der Waals surface area contributed by atoms with E-state index in [9.17, 15) is 9.18 Å². The third-order valence-corrected chi connectivity index (χ3v) is 6.20. The SMILES string of the molecule is CC(C)(C)CC(=O)Nc1cncc(-c2ccc3[nH]nc(-c4nc5c(-c6ccccc6F)cncc5[nH]4)c3n2)c1. The summed E-state index contributed by atoms with van der Waals surface area (Å²) in [6.07, 6.45) is 6.95. The lowest BCUT2D eigenvalue weighted by Gasteiger charge is -2.17. The molecule has 0 spiro atoms. The second-order valence-corrected chi connectivity index (χ2v) is 10.6. The van der Waals surface area contributed by atoms with Gasteiger partial charge in [0.25, 0.3) is 0 Å². The van der Waals surface area contributed by atoms with Crippen LogP contribution in [0.5, 0.6) is 0 Å². The van der Waals surface area contributed by atoms with Crippen LogP contribution in [-0.4, -0.2) is 41.0 Å². The third-order valence-electron chi connectivity index (χ3n) is 6.20. The number of amides is 1. The number of aromatic amines is 2. The van der Waals surface area contributed by atoms with Gasteiger partial charge in [-0.1, -0.05) is 39.0 Å². The Kier molecular flexibility index (Phi) is 5.86. The number of pyridine rings is 3. The molecule has 0 fully saturated rings. The number of nitrogens with zero attached hydrogens (tertiary/aromatic N) is 5. The average molecular weight is 521 g/mol. The fourth-order valence-electron chi connectivity index (χ4n) is 4.48. The number of benzene rings is 1. The molecule has 0 aliphatic carbocycles. The maximum absolute atomic E-state index is 14.5. The van der Waals surface area contributed by atoms with Gasteiger partial charge in [0.2, 0.25) is 5.91 Å². The molecular formula is C29H25FN8O. The fourth-order valence-corrected chi connectivity index (χ4v) is 4.48. The molecule has 6 rings (SSSR count). The topological polar surface area (TPSA) is 125 Å². The number of H-pyrrole nitrogens is 2. The van der Waals surface area contributed by atoms with Gasteiger partial charge in [-0.15, -0.1) is 0 Å². The number of hydrogen-bond donors (Lipinski definition) is 3. The summed E-state index contributed by atoms with van der Waals surface area (Å²) >= 11 is 0. The van der Waals surface area contributed by atoms with Gasteiger partial charge < -0.3 is 10.3 Å². The predicted octanol–water partition coefficient (Wildman–Crippen LogP) is 6.14. The number of anilines is 1. The highest BCUT2D eigenvalue weighted by molar-refractivity contribution is 5.96. The van der Waals surface area contributed by atoms with Crippen molar-refractivity contribution in [3.05, 3.63) is 73.1 Å². The molecule has 9 nitrogen and oxygen atoms in total. The summed E-state index contributed by atoms with van der Waals surface area (Å²) in [7, 11) is 0. The van der Waals surface area contributed by atoms with Crippen molar-refractivity contribution in [3.8, 4) is 33.9 Å². The van der Waals surface area contributed by atoms with Gasteiger partial charge in [0.05, 0.1) is 34.8 Å². The number of imidazole rings is 1. The highest BCUT2D eigenvalue weighted by Crippen LogP contribution is 2.32. The molecule has 0 aliphatic heterocycles. The van der Waals surface area contributed by atoms with E-state index < -0.39 is 0 Å². The molecule has 1 amide bonds. The van der Waals surface area contributed by atoms with Crippen molar-refractivity contribution in [2.24, 2.45) is 5.41 Å². The molecule has 0 radical (unpaired) electrons. The summed E-state index contributed by atoms with van der Waals surface area (Å²) in [5.41, 5.74) is 5.97. The molecule has 6 aromatic rings. The number of carbonyl (C=O) groups is 1. The Labute approximate surface area is 223 Å². The first kappa shape index (κ1) is 24.4. The van der Waals surface area contributed by atoms with Crippen molar-refractivity contribution in [2.75, 3.05) is 5.32 Å². The van der Waals surface area contributed by atoms with E-state index in [-0.39, 0.29) is 17.1 Å². The Hall–Kier alpha value is -4.99. The van der Waals surface area contributed by atoms with Gasteiger partial charge >= 0.3 is 0 Å². The fraction of sp³-hybridized carbons (Fsp3) is 0.172. The summed E-state index contributed by atoms with van der Waals surface area (Å²) < 4.78 is 14.5. The van der Waals surface area contributed by atoms with Crippen molar-refractivity contribution < 1.29 is 9.18 Å². The molecule has 0 saturated carbocycles. The molecule has 0 saturated heterocycles. The molecule has 3 N–H and O–H groups in total. The van der Waals surface area contributed by atoms with Crippen molar-refractivity contribution >= 4 is 33.7 Å². The Morgan fingerprint density at radius 1 is 0.923 bits per heavy atom. The number of aromatic nitrogens is 7. The molecule has 0 aliphatic rings. The van der Waals surface area contributed by atoms with Gasteiger partial charge in [-0.25, -0.2) is 14.4 Å². The predicted molar refractivity (Wildman–Crippen MR) is 148 cm³/mol. The first-order valence-corrected chi connectivity index (χ1v) is 12.4. The normalized spacial score (nSPS) is 11.8. The summed E-state index contributed by atoms with van der Waals surface area (Å²) in [5, 5.41) is 10.4. The molecule has 5 aromatic heterocycles. The maximum Gasteiger partial charge on any atom is 0.224 e. The van der Waals surface area contributed by atoms with E-state index in [1.807, 2.05) is 39.0 Å². The summed E-state index contributed by atoms with van der Waals surface area (Å²) in [6.45, 7) is 6.05. The van der Waals surface area contributed by atoms with E-state index in [0.717, 1.165) is 11.1 Å². The van der Waals surface area contributed by atoms with E-state index in [1.54, 1.807) is 43.0 Å².